The molecule has 10 heteroatoms. The van der Waals surface area contributed by atoms with Crippen LogP contribution in [0.15, 0.2) is 76.3 Å². The lowest BCUT2D eigenvalue weighted by Crippen LogP contribution is -2.46. The number of hydrogen-bond acceptors (Lipinski definition) is 7. The summed E-state index contributed by atoms with van der Waals surface area (Å²) < 4.78 is 36.4. The van der Waals surface area contributed by atoms with Crippen LogP contribution in [0, 0.1) is 12.3 Å². The minimum atomic E-state index is -3.80. The van der Waals surface area contributed by atoms with E-state index < -0.39 is 10.0 Å². The Balaban J connectivity index is 1.14. The molecule has 0 radical (unpaired) electrons. The third kappa shape index (κ3) is 3.41. The summed E-state index contributed by atoms with van der Waals surface area (Å²) in [5.41, 5.74) is 4.56. The van der Waals surface area contributed by atoms with Gasteiger partial charge in [-0.1, -0.05) is 29.8 Å². The molecule has 9 rings (SSSR count). The topological polar surface area (TPSA) is 108 Å². The summed E-state index contributed by atoms with van der Waals surface area (Å²) in [5.74, 6) is 1.74. The van der Waals surface area contributed by atoms with E-state index in [0.29, 0.717) is 16.8 Å². The van der Waals surface area contributed by atoms with Gasteiger partial charge in [-0.2, -0.15) is 0 Å². The van der Waals surface area contributed by atoms with Gasteiger partial charge in [-0.3, -0.25) is 4.40 Å². The molecule has 3 aliphatic carbocycles. The Bertz CT molecular complexity index is 1980. The molecule has 3 saturated carbocycles. The van der Waals surface area contributed by atoms with Crippen molar-refractivity contribution in [2.24, 2.45) is 5.41 Å². The molecule has 9 nitrogen and oxygen atoms in total. The number of para-hydroxylation sites is 2. The predicted octanol–water partition coefficient (Wildman–Crippen LogP) is 5.60. The minimum Gasteiger partial charge on any atom is -0.441 e. The van der Waals surface area contributed by atoms with E-state index in [1.165, 1.54) is 3.97 Å². The summed E-state index contributed by atoms with van der Waals surface area (Å²) in [5, 5.41) is 9.16. The lowest BCUT2D eigenvalue weighted by atomic mass is 9.52. The lowest BCUT2D eigenvalue weighted by Gasteiger charge is -2.52. The second-order valence-electron chi connectivity index (χ2n) is 11.6. The van der Waals surface area contributed by atoms with Crippen molar-refractivity contribution in [3.05, 3.63) is 84.3 Å². The van der Waals surface area contributed by atoms with Gasteiger partial charge in [0.05, 0.1) is 16.6 Å². The molecule has 0 N–H and O–H groups in total. The molecule has 0 spiro atoms. The van der Waals surface area contributed by atoms with Crippen LogP contribution in [-0.4, -0.2) is 37.0 Å². The summed E-state index contributed by atoms with van der Waals surface area (Å²) in [4.78, 5) is 9.50. The van der Waals surface area contributed by atoms with Crippen molar-refractivity contribution in [1.29, 1.82) is 0 Å². The smallest absolute Gasteiger partial charge is 0.269 e. The third-order valence-corrected chi connectivity index (χ3v) is 11.0. The maximum absolute atomic E-state index is 13.5. The molecule has 0 amide bonds. The van der Waals surface area contributed by atoms with Crippen LogP contribution < -0.4 is 0 Å². The number of rotatable bonds is 5. The molecule has 3 aliphatic rings. The van der Waals surface area contributed by atoms with Gasteiger partial charge in [0, 0.05) is 18.0 Å². The summed E-state index contributed by atoms with van der Waals surface area (Å²) >= 11 is 0. The van der Waals surface area contributed by atoms with Gasteiger partial charge >= 0.3 is 0 Å². The molecule has 202 valence electrons. The number of aromatic nitrogens is 6. The second-order valence-corrected chi connectivity index (χ2v) is 13.5. The molecule has 6 aromatic rings. The minimum absolute atomic E-state index is 0.102. The predicted molar refractivity (Wildman–Crippen MR) is 150 cm³/mol. The van der Waals surface area contributed by atoms with Crippen molar-refractivity contribution >= 4 is 37.9 Å². The van der Waals surface area contributed by atoms with Crippen molar-refractivity contribution in [2.75, 3.05) is 0 Å². The highest BCUT2D eigenvalue weighted by molar-refractivity contribution is 7.90. The molecule has 4 heterocycles. The molecule has 4 aromatic heterocycles. The molecular formula is C30H28N6O3S. The molecule has 0 aliphatic heterocycles. The number of hydrogen-bond donors (Lipinski definition) is 0. The summed E-state index contributed by atoms with van der Waals surface area (Å²) in [7, 11) is -3.80. The third-order valence-electron chi connectivity index (χ3n) is 9.36. The van der Waals surface area contributed by atoms with Crippen molar-refractivity contribution in [2.45, 2.75) is 62.2 Å². The first-order valence-electron chi connectivity index (χ1n) is 13.7. The fraction of sp³-hybridized carbons (Fsp3) is 0.333. The maximum Gasteiger partial charge on any atom is 0.269 e. The number of nitrogens with zero attached hydrogens (tertiary/aromatic N) is 6. The first-order valence-corrected chi connectivity index (χ1v) is 15.2. The van der Waals surface area contributed by atoms with Crippen molar-refractivity contribution in [3.8, 4) is 0 Å². The van der Waals surface area contributed by atoms with E-state index in [0.717, 1.165) is 73.3 Å². The van der Waals surface area contributed by atoms with Gasteiger partial charge in [0.15, 0.2) is 22.8 Å². The Labute approximate surface area is 230 Å². The van der Waals surface area contributed by atoms with Gasteiger partial charge < -0.3 is 4.42 Å². The summed E-state index contributed by atoms with van der Waals surface area (Å²) in [6, 6.07) is 16.6. The van der Waals surface area contributed by atoms with Crippen LogP contribution >= 0.6 is 0 Å². The molecule has 3 fully saturated rings. The molecule has 0 atom stereocenters. The normalized spacial score (nSPS) is 23.0. The standard InChI is InChI=1S/C30H28N6O3S/c1-20-6-8-21(9-7-20)40(37,38)35-17-10-23-27(35)31-19-25-33-34-28(36(23)25)30-14-11-29(12-15-30,13-16-30)18-26-32-22-4-2-3-5-24(22)39-26/h2-10,17,19H,11-16,18H2,1H3. The highest BCUT2D eigenvalue weighted by Crippen LogP contribution is 2.58. The highest BCUT2D eigenvalue weighted by atomic mass is 32.2. The average Bonchev–Trinajstić information content (AvgIpc) is 3.70. The highest BCUT2D eigenvalue weighted by Gasteiger charge is 2.52. The number of aryl methyl sites for hydroxylation is 1. The zero-order chi connectivity index (χ0) is 27.1. The van der Waals surface area contributed by atoms with E-state index in [1.807, 2.05) is 41.7 Å². The van der Waals surface area contributed by atoms with Crippen molar-refractivity contribution in [3.63, 3.8) is 0 Å². The Morgan fingerprint density at radius 1 is 0.925 bits per heavy atom. The van der Waals surface area contributed by atoms with Crippen molar-refractivity contribution in [1.82, 2.24) is 28.5 Å². The molecule has 0 saturated heterocycles. The maximum atomic E-state index is 13.5. The SMILES string of the molecule is Cc1ccc(S(=O)(=O)n2ccc3c2ncc2nnc(C45CCC(Cc6nc7ccccc7o6)(CC4)CC5)n23)cc1. The number of fused-ring (bicyclic) bond motifs is 7. The first kappa shape index (κ1) is 23.8. The van der Waals surface area contributed by atoms with Crippen LogP contribution in [0.4, 0.5) is 0 Å². The monoisotopic (exact) mass is 552 g/mol. The Morgan fingerprint density at radius 2 is 1.68 bits per heavy atom. The van der Waals surface area contributed by atoms with Gasteiger partial charge in [-0.15, -0.1) is 10.2 Å². The quantitative estimate of drug-likeness (QED) is 0.274. The van der Waals surface area contributed by atoms with Gasteiger partial charge in [0.25, 0.3) is 10.0 Å². The molecular weight excluding hydrogens is 524 g/mol. The first-order chi connectivity index (χ1) is 19.4. The molecule has 2 bridgehead atoms. The number of benzene rings is 2. The van der Waals surface area contributed by atoms with Crippen LogP contribution in [0.1, 0.15) is 55.8 Å². The van der Waals surface area contributed by atoms with Gasteiger partial charge in [0.1, 0.15) is 11.3 Å². The Morgan fingerprint density at radius 3 is 2.42 bits per heavy atom. The van der Waals surface area contributed by atoms with Crippen LogP contribution in [0.5, 0.6) is 0 Å². The van der Waals surface area contributed by atoms with Gasteiger partial charge in [-0.05, 0) is 81.2 Å². The largest absolute Gasteiger partial charge is 0.441 e. The van der Waals surface area contributed by atoms with Crippen LogP contribution in [0.3, 0.4) is 0 Å². The summed E-state index contributed by atoms with van der Waals surface area (Å²) in [6.45, 7) is 1.93. The van der Waals surface area contributed by atoms with Gasteiger partial charge in [0.2, 0.25) is 0 Å². The van der Waals surface area contributed by atoms with Gasteiger partial charge in [-0.25, -0.2) is 22.4 Å². The fourth-order valence-corrected chi connectivity index (χ4v) is 8.27. The Kier molecular flexibility index (Phi) is 4.90. The molecule has 40 heavy (non-hydrogen) atoms. The fourth-order valence-electron chi connectivity index (χ4n) is 6.97. The zero-order valence-electron chi connectivity index (χ0n) is 22.1. The summed E-state index contributed by atoms with van der Waals surface area (Å²) in [6.07, 6.45) is 10.3. The average molecular weight is 553 g/mol. The van der Waals surface area contributed by atoms with E-state index in [1.54, 1.807) is 36.7 Å². The van der Waals surface area contributed by atoms with E-state index in [-0.39, 0.29) is 15.7 Å². The Hall–Kier alpha value is -4.05. The van der Waals surface area contributed by atoms with E-state index in [9.17, 15) is 8.42 Å². The van der Waals surface area contributed by atoms with Crippen LogP contribution in [0.2, 0.25) is 0 Å². The van der Waals surface area contributed by atoms with E-state index >= 15 is 0 Å². The molecule has 0 unspecified atom stereocenters. The second kappa shape index (κ2) is 8.23. The van der Waals surface area contributed by atoms with Crippen molar-refractivity contribution < 1.29 is 12.8 Å². The number of oxazole rings is 1. The lowest BCUT2D eigenvalue weighted by molar-refractivity contribution is 0.0306. The van der Waals surface area contributed by atoms with Crippen LogP contribution in [0.25, 0.3) is 27.9 Å². The van der Waals surface area contributed by atoms with E-state index in [2.05, 4.69) is 10.1 Å². The van der Waals surface area contributed by atoms with E-state index in [4.69, 9.17) is 14.5 Å². The van der Waals surface area contributed by atoms with Crippen LogP contribution in [-0.2, 0) is 21.9 Å². The zero-order valence-corrected chi connectivity index (χ0v) is 22.9. The molecule has 2 aromatic carbocycles.